The number of nitrogens with two attached hydrogens (primary N) is 1. The molecule has 0 atom stereocenters. The minimum atomic E-state index is -0.00655. The van der Waals surface area contributed by atoms with Gasteiger partial charge in [-0.1, -0.05) is 0 Å². The lowest BCUT2D eigenvalue weighted by atomic mass is 9.94. The molecule has 4 nitrogen and oxygen atoms in total. The minimum absolute atomic E-state index is 0.00655. The fraction of sp³-hybridized carbons (Fsp3) is 0.533. The smallest absolute Gasteiger partial charge is 0.251 e. The van der Waals surface area contributed by atoms with Gasteiger partial charge in [-0.05, 0) is 69.6 Å². The molecule has 1 saturated heterocycles. The Bertz CT molecular complexity index is 408. The highest BCUT2D eigenvalue weighted by atomic mass is 16.1. The Labute approximate surface area is 115 Å². The number of nitrogens with zero attached hydrogens (tertiary/aromatic N) is 1. The molecule has 0 saturated carbocycles. The highest BCUT2D eigenvalue weighted by Gasteiger charge is 2.16. The summed E-state index contributed by atoms with van der Waals surface area (Å²) >= 11 is 0. The van der Waals surface area contributed by atoms with Crippen LogP contribution in [0.25, 0.3) is 0 Å². The van der Waals surface area contributed by atoms with Crippen LogP contribution in [0.2, 0.25) is 0 Å². The van der Waals surface area contributed by atoms with Gasteiger partial charge in [0.15, 0.2) is 0 Å². The van der Waals surface area contributed by atoms with E-state index >= 15 is 0 Å². The van der Waals surface area contributed by atoms with Crippen LogP contribution in [0.5, 0.6) is 0 Å². The van der Waals surface area contributed by atoms with E-state index in [4.69, 9.17) is 5.73 Å². The fourth-order valence-corrected chi connectivity index (χ4v) is 2.48. The van der Waals surface area contributed by atoms with Gasteiger partial charge in [-0.3, -0.25) is 4.79 Å². The summed E-state index contributed by atoms with van der Waals surface area (Å²) in [7, 11) is 2.17. The number of benzene rings is 1. The second-order valence-corrected chi connectivity index (χ2v) is 5.41. The molecule has 1 amide bonds. The van der Waals surface area contributed by atoms with Crippen LogP contribution in [-0.4, -0.2) is 37.5 Å². The van der Waals surface area contributed by atoms with E-state index in [1.165, 1.54) is 25.9 Å². The normalized spacial score (nSPS) is 17.3. The molecule has 3 N–H and O–H groups in total. The lowest BCUT2D eigenvalue weighted by Gasteiger charge is -2.28. The van der Waals surface area contributed by atoms with Crippen LogP contribution in [0.4, 0.5) is 5.69 Å². The monoisotopic (exact) mass is 261 g/mol. The molecule has 1 aliphatic heterocycles. The average Bonchev–Trinajstić information content (AvgIpc) is 2.41. The molecule has 2 rings (SSSR count). The Morgan fingerprint density at radius 2 is 1.95 bits per heavy atom. The lowest BCUT2D eigenvalue weighted by Crippen LogP contribution is -2.32. The number of carbonyl (C=O) groups excluding carboxylic acids is 1. The molecule has 0 aliphatic carbocycles. The zero-order valence-corrected chi connectivity index (χ0v) is 11.6. The van der Waals surface area contributed by atoms with E-state index in [9.17, 15) is 4.79 Å². The van der Waals surface area contributed by atoms with E-state index in [-0.39, 0.29) is 5.91 Å². The van der Waals surface area contributed by atoms with Crippen LogP contribution in [0, 0.1) is 5.92 Å². The Kier molecular flexibility index (Phi) is 4.80. The van der Waals surface area contributed by atoms with Gasteiger partial charge in [-0.2, -0.15) is 0 Å². The summed E-state index contributed by atoms with van der Waals surface area (Å²) in [6.07, 6.45) is 3.57. The van der Waals surface area contributed by atoms with Gasteiger partial charge < -0.3 is 16.0 Å². The van der Waals surface area contributed by atoms with Gasteiger partial charge in [0.2, 0.25) is 0 Å². The number of hydrogen-bond donors (Lipinski definition) is 2. The number of hydrogen-bond acceptors (Lipinski definition) is 3. The zero-order chi connectivity index (χ0) is 13.7. The van der Waals surface area contributed by atoms with Crippen LogP contribution in [0.15, 0.2) is 24.3 Å². The Hall–Kier alpha value is -1.55. The highest BCUT2D eigenvalue weighted by Crippen LogP contribution is 2.18. The molecule has 104 valence electrons. The Balaban J connectivity index is 1.70. The molecule has 0 radical (unpaired) electrons. The minimum Gasteiger partial charge on any atom is -0.399 e. The lowest BCUT2D eigenvalue weighted by molar-refractivity contribution is 0.0949. The number of amides is 1. The van der Waals surface area contributed by atoms with Crippen LogP contribution in [0.3, 0.4) is 0 Å². The molecule has 0 spiro atoms. The predicted molar refractivity (Wildman–Crippen MR) is 78.0 cm³/mol. The molecule has 1 heterocycles. The molecule has 1 aromatic carbocycles. The largest absolute Gasteiger partial charge is 0.399 e. The van der Waals surface area contributed by atoms with E-state index in [0.29, 0.717) is 11.3 Å². The standard InChI is InChI=1S/C15H23N3O/c1-18-10-7-12(8-11-18)6-9-17-15(19)13-2-4-14(16)5-3-13/h2-5,12H,6-11,16H2,1H3,(H,17,19). The first-order valence-corrected chi connectivity index (χ1v) is 6.97. The maximum absolute atomic E-state index is 11.9. The van der Waals surface area contributed by atoms with Gasteiger partial charge >= 0.3 is 0 Å². The molecular formula is C15H23N3O. The number of carbonyl (C=O) groups is 1. The van der Waals surface area contributed by atoms with Crippen molar-refractivity contribution in [3.05, 3.63) is 29.8 Å². The number of likely N-dealkylation sites (tertiary alicyclic amines) is 1. The third kappa shape index (κ3) is 4.24. The second-order valence-electron chi connectivity index (χ2n) is 5.41. The summed E-state index contributed by atoms with van der Waals surface area (Å²) in [5.41, 5.74) is 6.96. The number of anilines is 1. The molecule has 0 unspecified atom stereocenters. The number of nitrogen functional groups attached to an aromatic ring is 1. The molecule has 19 heavy (non-hydrogen) atoms. The highest BCUT2D eigenvalue weighted by molar-refractivity contribution is 5.94. The summed E-state index contributed by atoms with van der Waals surface area (Å²) in [6.45, 7) is 3.12. The summed E-state index contributed by atoms with van der Waals surface area (Å²) < 4.78 is 0. The first-order valence-electron chi connectivity index (χ1n) is 6.97. The van der Waals surface area contributed by atoms with E-state index < -0.39 is 0 Å². The quantitative estimate of drug-likeness (QED) is 0.812. The van der Waals surface area contributed by atoms with Gasteiger partial charge in [-0.15, -0.1) is 0 Å². The molecule has 0 bridgehead atoms. The molecule has 4 heteroatoms. The van der Waals surface area contributed by atoms with E-state index in [2.05, 4.69) is 17.3 Å². The van der Waals surface area contributed by atoms with Crippen molar-refractivity contribution in [2.24, 2.45) is 5.92 Å². The van der Waals surface area contributed by atoms with Crippen molar-refractivity contribution in [1.29, 1.82) is 0 Å². The van der Waals surface area contributed by atoms with Gasteiger partial charge in [0.05, 0.1) is 0 Å². The number of nitrogens with one attached hydrogen (secondary N) is 1. The van der Waals surface area contributed by atoms with Gasteiger partial charge in [0.1, 0.15) is 0 Å². The summed E-state index contributed by atoms with van der Waals surface area (Å²) in [5, 5.41) is 2.98. The Morgan fingerprint density at radius 3 is 2.58 bits per heavy atom. The van der Waals surface area contributed by atoms with Crippen molar-refractivity contribution in [1.82, 2.24) is 10.2 Å². The second kappa shape index (κ2) is 6.57. The fourth-order valence-electron chi connectivity index (χ4n) is 2.48. The van der Waals surface area contributed by atoms with Crippen LogP contribution in [0.1, 0.15) is 29.6 Å². The first kappa shape index (κ1) is 13.9. The molecule has 1 fully saturated rings. The third-order valence-electron chi connectivity index (χ3n) is 3.85. The van der Waals surface area contributed by atoms with Gasteiger partial charge in [0.25, 0.3) is 5.91 Å². The first-order chi connectivity index (χ1) is 9.15. The molecule has 0 aromatic heterocycles. The van der Waals surface area contributed by atoms with Crippen molar-refractivity contribution >= 4 is 11.6 Å². The maximum atomic E-state index is 11.9. The maximum Gasteiger partial charge on any atom is 0.251 e. The average molecular weight is 261 g/mol. The number of rotatable bonds is 4. The zero-order valence-electron chi connectivity index (χ0n) is 11.6. The summed E-state index contributed by atoms with van der Waals surface area (Å²) in [4.78, 5) is 14.3. The van der Waals surface area contributed by atoms with Crippen molar-refractivity contribution in [2.75, 3.05) is 32.4 Å². The topological polar surface area (TPSA) is 58.4 Å². The van der Waals surface area contributed by atoms with Crippen LogP contribution < -0.4 is 11.1 Å². The summed E-state index contributed by atoms with van der Waals surface area (Å²) in [6, 6.07) is 7.04. The van der Waals surface area contributed by atoms with Crippen molar-refractivity contribution in [3.8, 4) is 0 Å². The number of piperidine rings is 1. The van der Waals surface area contributed by atoms with Gasteiger partial charge in [0, 0.05) is 17.8 Å². The Morgan fingerprint density at radius 1 is 1.32 bits per heavy atom. The van der Waals surface area contributed by atoms with E-state index in [0.717, 1.165) is 18.9 Å². The predicted octanol–water partition coefficient (Wildman–Crippen LogP) is 1.73. The van der Waals surface area contributed by atoms with Crippen molar-refractivity contribution < 1.29 is 4.79 Å². The van der Waals surface area contributed by atoms with Crippen LogP contribution in [-0.2, 0) is 0 Å². The van der Waals surface area contributed by atoms with Gasteiger partial charge in [-0.25, -0.2) is 0 Å². The van der Waals surface area contributed by atoms with E-state index in [1.807, 2.05) is 0 Å². The molecule has 1 aliphatic rings. The SMILES string of the molecule is CN1CCC(CCNC(=O)c2ccc(N)cc2)CC1. The molecule has 1 aromatic rings. The molecular weight excluding hydrogens is 238 g/mol. The summed E-state index contributed by atoms with van der Waals surface area (Å²) in [5.74, 6) is 0.746. The van der Waals surface area contributed by atoms with Crippen LogP contribution >= 0.6 is 0 Å². The van der Waals surface area contributed by atoms with Crippen molar-refractivity contribution in [2.45, 2.75) is 19.3 Å². The van der Waals surface area contributed by atoms with Crippen molar-refractivity contribution in [3.63, 3.8) is 0 Å². The third-order valence-corrected chi connectivity index (χ3v) is 3.85. The van der Waals surface area contributed by atoms with E-state index in [1.54, 1.807) is 24.3 Å².